The van der Waals surface area contributed by atoms with Gasteiger partial charge in [0.25, 0.3) is 0 Å². The molecule has 1 aromatic carbocycles. The number of aliphatic hydroxyl groups is 1. The first kappa shape index (κ1) is 19.2. The van der Waals surface area contributed by atoms with Gasteiger partial charge in [-0.15, -0.1) is 0 Å². The summed E-state index contributed by atoms with van der Waals surface area (Å²) in [5.74, 6) is 1.15. The molecule has 0 radical (unpaired) electrons. The van der Waals surface area contributed by atoms with Crippen molar-refractivity contribution in [2.45, 2.75) is 53.0 Å². The van der Waals surface area contributed by atoms with E-state index in [0.29, 0.717) is 18.1 Å². The molecular weight excluding hydrogens is 316 g/mol. The molecule has 0 fully saturated rings. The van der Waals surface area contributed by atoms with E-state index in [0.717, 1.165) is 12.0 Å². The smallest absolute Gasteiger partial charge is 0.220 e. The molecule has 2 N–H and O–H groups in total. The van der Waals surface area contributed by atoms with Crippen molar-refractivity contribution in [1.29, 1.82) is 0 Å². The maximum atomic E-state index is 12.1. The van der Waals surface area contributed by atoms with Gasteiger partial charge in [0.2, 0.25) is 5.91 Å². The van der Waals surface area contributed by atoms with E-state index in [2.05, 4.69) is 31.1 Å². The Labute approximate surface area is 149 Å². The Bertz CT molecular complexity index is 684. The Morgan fingerprint density at radius 1 is 1.28 bits per heavy atom. The van der Waals surface area contributed by atoms with Gasteiger partial charge < -0.3 is 14.8 Å². The monoisotopic (exact) mass is 344 g/mol. The molecule has 0 aliphatic heterocycles. The van der Waals surface area contributed by atoms with E-state index in [9.17, 15) is 9.90 Å². The van der Waals surface area contributed by atoms with E-state index in [1.165, 1.54) is 5.56 Å². The SMILES string of the molecule is Cc1ccc(-c2cnc(CCC(=O)NC(CO)CC(C)(C)C)o2)cc1. The summed E-state index contributed by atoms with van der Waals surface area (Å²) in [6.45, 7) is 8.23. The number of hydrogen-bond acceptors (Lipinski definition) is 4. The molecule has 1 heterocycles. The number of rotatable bonds is 7. The lowest BCUT2D eigenvalue weighted by Crippen LogP contribution is -2.40. The van der Waals surface area contributed by atoms with Crippen LogP contribution in [0.3, 0.4) is 0 Å². The van der Waals surface area contributed by atoms with Crippen LogP contribution >= 0.6 is 0 Å². The fourth-order valence-electron chi connectivity index (χ4n) is 2.70. The van der Waals surface area contributed by atoms with E-state index < -0.39 is 0 Å². The molecular formula is C20H28N2O3. The number of carbonyl (C=O) groups is 1. The minimum atomic E-state index is -0.222. The maximum Gasteiger partial charge on any atom is 0.220 e. The predicted molar refractivity (Wildman–Crippen MR) is 98.1 cm³/mol. The fraction of sp³-hybridized carbons (Fsp3) is 0.500. The van der Waals surface area contributed by atoms with Crippen LogP contribution in [0.25, 0.3) is 11.3 Å². The molecule has 0 spiro atoms. The van der Waals surface area contributed by atoms with Gasteiger partial charge in [0, 0.05) is 18.4 Å². The molecule has 0 bridgehead atoms. The highest BCUT2D eigenvalue weighted by Gasteiger charge is 2.20. The predicted octanol–water partition coefficient (Wildman–Crippen LogP) is 3.50. The summed E-state index contributed by atoms with van der Waals surface area (Å²) in [6.07, 6.45) is 3.14. The standard InChI is InChI=1S/C20H28N2O3/c1-14-5-7-15(8-6-14)17-12-21-19(25-17)10-9-18(24)22-16(13-23)11-20(2,3)4/h5-8,12,16,23H,9-11,13H2,1-4H3,(H,22,24). The van der Waals surface area contributed by atoms with Gasteiger partial charge in [-0.25, -0.2) is 4.98 Å². The van der Waals surface area contributed by atoms with E-state index in [-0.39, 0.29) is 30.4 Å². The summed E-state index contributed by atoms with van der Waals surface area (Å²) in [7, 11) is 0. The quantitative estimate of drug-likeness (QED) is 0.806. The van der Waals surface area contributed by atoms with Crippen LogP contribution in [0.5, 0.6) is 0 Å². The van der Waals surface area contributed by atoms with Crippen LogP contribution in [-0.2, 0) is 11.2 Å². The van der Waals surface area contributed by atoms with E-state index in [1.807, 2.05) is 31.2 Å². The summed E-state index contributed by atoms with van der Waals surface area (Å²) >= 11 is 0. The van der Waals surface area contributed by atoms with Gasteiger partial charge in [-0.1, -0.05) is 50.6 Å². The maximum absolute atomic E-state index is 12.1. The van der Waals surface area contributed by atoms with Gasteiger partial charge in [0.05, 0.1) is 18.8 Å². The summed E-state index contributed by atoms with van der Waals surface area (Å²) < 4.78 is 5.73. The Hall–Kier alpha value is -2.14. The lowest BCUT2D eigenvalue weighted by Gasteiger charge is -2.25. The second kappa shape index (κ2) is 8.30. The molecule has 1 amide bonds. The number of aryl methyl sites for hydroxylation is 2. The van der Waals surface area contributed by atoms with E-state index in [1.54, 1.807) is 6.20 Å². The van der Waals surface area contributed by atoms with Gasteiger partial charge in [-0.3, -0.25) is 4.79 Å². The molecule has 2 aromatic rings. The first-order valence-corrected chi connectivity index (χ1v) is 8.69. The minimum absolute atomic E-state index is 0.0478. The molecule has 0 aliphatic rings. The van der Waals surface area contributed by atoms with Gasteiger partial charge in [0.15, 0.2) is 11.7 Å². The first-order valence-electron chi connectivity index (χ1n) is 8.69. The second-order valence-corrected chi connectivity index (χ2v) is 7.70. The Morgan fingerprint density at radius 2 is 1.96 bits per heavy atom. The van der Waals surface area contributed by atoms with Crippen LogP contribution in [0.4, 0.5) is 0 Å². The minimum Gasteiger partial charge on any atom is -0.441 e. The average Bonchev–Trinajstić information content (AvgIpc) is 3.00. The molecule has 1 unspecified atom stereocenters. The number of benzene rings is 1. The third kappa shape index (κ3) is 6.35. The molecule has 1 aromatic heterocycles. The highest BCUT2D eigenvalue weighted by Crippen LogP contribution is 2.22. The van der Waals surface area contributed by atoms with E-state index >= 15 is 0 Å². The number of aromatic nitrogens is 1. The molecule has 0 aliphatic carbocycles. The van der Waals surface area contributed by atoms with Crippen LogP contribution < -0.4 is 5.32 Å². The summed E-state index contributed by atoms with van der Waals surface area (Å²) in [5.41, 5.74) is 2.21. The average molecular weight is 344 g/mol. The molecule has 2 rings (SSSR count). The number of oxazole rings is 1. The molecule has 0 saturated carbocycles. The van der Waals surface area contributed by atoms with Crippen LogP contribution in [0.1, 0.15) is 45.1 Å². The van der Waals surface area contributed by atoms with Crippen molar-refractivity contribution in [3.63, 3.8) is 0 Å². The van der Waals surface area contributed by atoms with Gasteiger partial charge in [0.1, 0.15) is 0 Å². The topological polar surface area (TPSA) is 75.4 Å². The highest BCUT2D eigenvalue weighted by molar-refractivity contribution is 5.76. The van der Waals surface area contributed by atoms with Crippen molar-refractivity contribution in [2.75, 3.05) is 6.61 Å². The van der Waals surface area contributed by atoms with Gasteiger partial charge in [-0.2, -0.15) is 0 Å². The lowest BCUT2D eigenvalue weighted by atomic mass is 9.88. The Kier molecular flexibility index (Phi) is 6.37. The van der Waals surface area contributed by atoms with Crippen LogP contribution in [0.2, 0.25) is 0 Å². The molecule has 136 valence electrons. The number of amides is 1. The number of aliphatic hydroxyl groups excluding tert-OH is 1. The first-order chi connectivity index (χ1) is 11.8. The van der Waals surface area contributed by atoms with Gasteiger partial charge in [-0.05, 0) is 18.8 Å². The molecule has 1 atom stereocenters. The lowest BCUT2D eigenvalue weighted by molar-refractivity contribution is -0.122. The second-order valence-electron chi connectivity index (χ2n) is 7.70. The van der Waals surface area contributed by atoms with Crippen molar-refractivity contribution in [3.8, 4) is 11.3 Å². The zero-order valence-electron chi connectivity index (χ0n) is 15.5. The highest BCUT2D eigenvalue weighted by atomic mass is 16.4. The Balaban J connectivity index is 1.87. The summed E-state index contributed by atoms with van der Waals surface area (Å²) in [4.78, 5) is 16.3. The molecule has 25 heavy (non-hydrogen) atoms. The third-order valence-corrected chi connectivity index (χ3v) is 3.90. The molecule has 0 saturated heterocycles. The zero-order valence-corrected chi connectivity index (χ0v) is 15.5. The van der Waals surface area contributed by atoms with Crippen molar-refractivity contribution < 1.29 is 14.3 Å². The largest absolute Gasteiger partial charge is 0.441 e. The number of nitrogens with zero attached hydrogens (tertiary/aromatic N) is 1. The summed E-state index contributed by atoms with van der Waals surface area (Å²) in [5, 5.41) is 12.3. The van der Waals surface area contributed by atoms with Crippen molar-refractivity contribution >= 4 is 5.91 Å². The number of nitrogens with one attached hydrogen (secondary N) is 1. The van der Waals surface area contributed by atoms with Crippen LogP contribution in [-0.4, -0.2) is 28.6 Å². The summed E-state index contributed by atoms with van der Waals surface area (Å²) in [6, 6.07) is 7.81. The van der Waals surface area contributed by atoms with Crippen molar-refractivity contribution in [1.82, 2.24) is 10.3 Å². The normalized spacial score (nSPS) is 12.8. The van der Waals surface area contributed by atoms with E-state index in [4.69, 9.17) is 4.42 Å². The van der Waals surface area contributed by atoms with Crippen LogP contribution in [0, 0.1) is 12.3 Å². The van der Waals surface area contributed by atoms with Crippen molar-refractivity contribution in [3.05, 3.63) is 41.9 Å². The fourth-order valence-corrected chi connectivity index (χ4v) is 2.70. The van der Waals surface area contributed by atoms with Crippen molar-refractivity contribution in [2.24, 2.45) is 5.41 Å². The zero-order chi connectivity index (χ0) is 18.4. The molecule has 5 nitrogen and oxygen atoms in total. The Morgan fingerprint density at radius 3 is 2.56 bits per heavy atom. The van der Waals surface area contributed by atoms with Crippen LogP contribution in [0.15, 0.2) is 34.9 Å². The molecule has 5 heteroatoms. The number of carbonyl (C=O) groups excluding carboxylic acids is 1. The third-order valence-electron chi connectivity index (χ3n) is 3.90. The number of hydrogen-bond donors (Lipinski definition) is 2. The van der Waals surface area contributed by atoms with Gasteiger partial charge >= 0.3 is 0 Å².